The van der Waals surface area contributed by atoms with Crippen molar-refractivity contribution in [3.8, 4) is 5.75 Å². The Kier molecular flexibility index (Phi) is 7.31. The molecule has 2 aromatic carbocycles. The number of ether oxygens (including phenoxy) is 2. The predicted molar refractivity (Wildman–Crippen MR) is 109 cm³/mol. The Morgan fingerprint density at radius 2 is 2.14 bits per heavy atom. The number of aliphatic hydroxyl groups is 1. The van der Waals surface area contributed by atoms with Crippen molar-refractivity contribution in [2.24, 2.45) is 0 Å². The normalized spacial score (nSPS) is 16.9. The van der Waals surface area contributed by atoms with Crippen LogP contribution in [0.2, 0.25) is 5.02 Å². The van der Waals surface area contributed by atoms with E-state index in [0.717, 1.165) is 24.8 Å². The topological polar surface area (TPSA) is 67.8 Å². The molecule has 0 saturated heterocycles. The quantitative estimate of drug-likeness (QED) is 0.660. The predicted octanol–water partition coefficient (Wildman–Crippen LogP) is 3.46. The first kappa shape index (κ1) is 20.6. The molecule has 0 bridgehead atoms. The van der Waals surface area contributed by atoms with Crippen molar-refractivity contribution >= 4 is 17.6 Å². The van der Waals surface area contributed by atoms with Gasteiger partial charge in [-0.3, -0.25) is 0 Å². The smallest absolute Gasteiger partial charge is 0.344 e. The van der Waals surface area contributed by atoms with Gasteiger partial charge in [0.1, 0.15) is 5.75 Å². The summed E-state index contributed by atoms with van der Waals surface area (Å²) in [7, 11) is 0. The Hall–Kier alpha value is -2.08. The van der Waals surface area contributed by atoms with Crippen LogP contribution in [-0.2, 0) is 22.4 Å². The molecule has 5 nitrogen and oxygen atoms in total. The summed E-state index contributed by atoms with van der Waals surface area (Å²) in [6.07, 6.45) is 2.79. The lowest BCUT2D eigenvalue weighted by Crippen LogP contribution is -2.38. The lowest BCUT2D eigenvalue weighted by molar-refractivity contribution is -0.145. The van der Waals surface area contributed by atoms with E-state index < -0.39 is 0 Å². The third-order valence-electron chi connectivity index (χ3n) is 4.94. The lowest BCUT2D eigenvalue weighted by atomic mass is 9.87. The molecule has 0 heterocycles. The van der Waals surface area contributed by atoms with Crippen molar-refractivity contribution in [2.45, 2.75) is 38.3 Å². The van der Waals surface area contributed by atoms with Gasteiger partial charge in [-0.2, -0.15) is 0 Å². The van der Waals surface area contributed by atoms with E-state index in [1.165, 1.54) is 11.1 Å². The van der Waals surface area contributed by atoms with Gasteiger partial charge in [-0.05, 0) is 67.1 Å². The second-order valence-corrected chi connectivity index (χ2v) is 7.36. The summed E-state index contributed by atoms with van der Waals surface area (Å²) in [6.45, 7) is 2.04. The van der Waals surface area contributed by atoms with Crippen molar-refractivity contribution < 1.29 is 19.4 Å². The molecular weight excluding hydrogens is 378 g/mol. The van der Waals surface area contributed by atoms with Crippen LogP contribution < -0.4 is 10.1 Å². The summed E-state index contributed by atoms with van der Waals surface area (Å²) in [5.74, 6) is 0.299. The van der Waals surface area contributed by atoms with Crippen molar-refractivity contribution in [3.05, 3.63) is 64.2 Å². The maximum Gasteiger partial charge on any atom is 0.344 e. The average Bonchev–Trinajstić information content (AvgIpc) is 2.70. The number of nitrogens with one attached hydrogen (secondary N) is 1. The van der Waals surface area contributed by atoms with Gasteiger partial charge < -0.3 is 19.9 Å². The Bertz CT molecular complexity index is 811. The van der Waals surface area contributed by atoms with E-state index in [0.29, 0.717) is 17.4 Å². The van der Waals surface area contributed by atoms with Crippen molar-refractivity contribution in [3.63, 3.8) is 0 Å². The highest BCUT2D eigenvalue weighted by Gasteiger charge is 2.22. The van der Waals surface area contributed by atoms with Gasteiger partial charge in [0.2, 0.25) is 0 Å². The molecule has 2 N–H and O–H groups in total. The number of hydrogen-bond donors (Lipinski definition) is 2. The number of halogens is 1. The zero-order chi connectivity index (χ0) is 19.9. The minimum atomic E-state index is -0.368. The number of aliphatic hydroxyl groups excluding tert-OH is 1. The van der Waals surface area contributed by atoms with E-state index in [1.807, 2.05) is 36.4 Å². The highest BCUT2D eigenvalue weighted by Crippen LogP contribution is 2.27. The first-order valence-electron chi connectivity index (χ1n) is 9.61. The Balaban J connectivity index is 1.64. The first-order valence-corrected chi connectivity index (χ1v) is 9.99. The molecule has 150 valence electrons. The summed E-state index contributed by atoms with van der Waals surface area (Å²) < 4.78 is 10.4. The standard InChI is InChI=1S/C22H26ClNO4/c1-2-27-22(26)14-28-20-9-7-15-6-8-19(11-17(15)12-20)24-21(13-25)16-4-3-5-18(23)10-16/h3-5,7,9-10,12,19,21,24-25H,2,6,8,11,13-14H2,1H3. The van der Waals surface area contributed by atoms with E-state index in [2.05, 4.69) is 11.4 Å². The Labute approximate surface area is 170 Å². The summed E-state index contributed by atoms with van der Waals surface area (Å²) in [5.41, 5.74) is 3.48. The lowest BCUT2D eigenvalue weighted by Gasteiger charge is -2.29. The highest BCUT2D eigenvalue weighted by molar-refractivity contribution is 6.30. The SMILES string of the molecule is CCOC(=O)COc1ccc2c(c1)CC(NC(CO)c1cccc(Cl)c1)CC2. The largest absolute Gasteiger partial charge is 0.482 e. The molecule has 1 aliphatic carbocycles. The fourth-order valence-electron chi connectivity index (χ4n) is 3.57. The molecule has 6 heteroatoms. The van der Waals surface area contributed by atoms with Crippen LogP contribution in [0.5, 0.6) is 5.75 Å². The summed E-state index contributed by atoms with van der Waals surface area (Å²) in [6, 6.07) is 13.6. The van der Waals surface area contributed by atoms with Crippen LogP contribution in [0.25, 0.3) is 0 Å². The number of carbonyl (C=O) groups excluding carboxylic acids is 1. The molecule has 0 aliphatic heterocycles. The van der Waals surface area contributed by atoms with Gasteiger partial charge >= 0.3 is 5.97 Å². The monoisotopic (exact) mass is 403 g/mol. The van der Waals surface area contributed by atoms with Gasteiger partial charge in [0.05, 0.1) is 19.3 Å². The Morgan fingerprint density at radius 3 is 2.89 bits per heavy atom. The fourth-order valence-corrected chi connectivity index (χ4v) is 3.77. The minimum absolute atomic E-state index is 0.00634. The van der Waals surface area contributed by atoms with Gasteiger partial charge in [0.15, 0.2) is 6.61 Å². The maximum absolute atomic E-state index is 11.5. The van der Waals surface area contributed by atoms with E-state index in [1.54, 1.807) is 6.92 Å². The molecule has 2 atom stereocenters. The molecule has 28 heavy (non-hydrogen) atoms. The molecular formula is C22H26ClNO4. The van der Waals surface area contributed by atoms with E-state index >= 15 is 0 Å². The molecule has 1 aliphatic rings. The van der Waals surface area contributed by atoms with Crippen LogP contribution >= 0.6 is 11.6 Å². The second-order valence-electron chi connectivity index (χ2n) is 6.92. The van der Waals surface area contributed by atoms with Crippen LogP contribution in [0, 0.1) is 0 Å². The molecule has 3 rings (SSSR count). The van der Waals surface area contributed by atoms with Crippen LogP contribution in [0.15, 0.2) is 42.5 Å². The van der Waals surface area contributed by atoms with Gasteiger partial charge in [-0.15, -0.1) is 0 Å². The Morgan fingerprint density at radius 1 is 1.29 bits per heavy atom. The molecule has 0 saturated carbocycles. The number of benzene rings is 2. The average molecular weight is 404 g/mol. The van der Waals surface area contributed by atoms with Crippen molar-refractivity contribution in [1.82, 2.24) is 5.32 Å². The summed E-state index contributed by atoms with van der Waals surface area (Å²) in [4.78, 5) is 11.5. The molecule has 0 spiro atoms. The van der Waals surface area contributed by atoms with E-state index in [9.17, 15) is 9.90 Å². The zero-order valence-corrected chi connectivity index (χ0v) is 16.7. The molecule has 0 fully saturated rings. The summed E-state index contributed by atoms with van der Waals surface area (Å²) >= 11 is 6.09. The third kappa shape index (κ3) is 5.47. The first-order chi connectivity index (χ1) is 13.6. The number of hydrogen-bond acceptors (Lipinski definition) is 5. The van der Waals surface area contributed by atoms with Crippen LogP contribution in [0.1, 0.15) is 36.1 Å². The van der Waals surface area contributed by atoms with Gasteiger partial charge in [0, 0.05) is 11.1 Å². The fraction of sp³-hybridized carbons (Fsp3) is 0.409. The van der Waals surface area contributed by atoms with Gasteiger partial charge in [0.25, 0.3) is 0 Å². The molecule has 0 amide bonds. The van der Waals surface area contributed by atoms with E-state index in [-0.39, 0.29) is 31.3 Å². The number of carbonyl (C=O) groups is 1. The third-order valence-corrected chi connectivity index (χ3v) is 5.17. The highest BCUT2D eigenvalue weighted by atomic mass is 35.5. The number of rotatable bonds is 8. The van der Waals surface area contributed by atoms with Crippen LogP contribution in [0.3, 0.4) is 0 Å². The molecule has 0 radical (unpaired) electrons. The van der Waals surface area contributed by atoms with Crippen molar-refractivity contribution in [2.75, 3.05) is 19.8 Å². The number of aryl methyl sites for hydroxylation is 1. The number of esters is 1. The summed E-state index contributed by atoms with van der Waals surface area (Å²) in [5, 5.41) is 14.1. The molecule has 2 unspecified atom stereocenters. The maximum atomic E-state index is 11.5. The van der Waals surface area contributed by atoms with E-state index in [4.69, 9.17) is 21.1 Å². The van der Waals surface area contributed by atoms with Crippen molar-refractivity contribution in [1.29, 1.82) is 0 Å². The zero-order valence-electron chi connectivity index (χ0n) is 16.0. The van der Waals surface area contributed by atoms with Crippen LogP contribution in [-0.4, -0.2) is 36.9 Å². The molecule has 0 aromatic heterocycles. The minimum Gasteiger partial charge on any atom is -0.482 e. The van der Waals surface area contributed by atoms with Gasteiger partial charge in [-0.25, -0.2) is 4.79 Å². The number of fused-ring (bicyclic) bond motifs is 1. The second kappa shape index (κ2) is 9.92. The van der Waals surface area contributed by atoms with Gasteiger partial charge in [-0.1, -0.05) is 29.8 Å². The van der Waals surface area contributed by atoms with Crippen LogP contribution in [0.4, 0.5) is 0 Å². The molecule has 2 aromatic rings.